The number of hydrogen-bond acceptors (Lipinski definition) is 7. The van der Waals surface area contributed by atoms with Crippen molar-refractivity contribution in [1.82, 2.24) is 5.32 Å². The van der Waals surface area contributed by atoms with Gasteiger partial charge in [0.15, 0.2) is 0 Å². The summed E-state index contributed by atoms with van der Waals surface area (Å²) in [7, 11) is 0. The molecule has 0 aromatic rings. The van der Waals surface area contributed by atoms with E-state index in [4.69, 9.17) is 9.47 Å². The molecule has 3 atom stereocenters. The molecule has 0 spiro atoms. The van der Waals surface area contributed by atoms with Crippen molar-refractivity contribution in [2.75, 3.05) is 6.54 Å². The third-order valence-electron chi connectivity index (χ3n) is 5.20. The molecule has 0 aromatic carbocycles. The summed E-state index contributed by atoms with van der Waals surface area (Å²) in [5.41, 5.74) is 1.76. The maximum Gasteiger partial charge on any atom is 0.314 e. The Morgan fingerprint density at radius 2 is 2.10 bits per heavy atom. The molecule has 0 bridgehead atoms. The van der Waals surface area contributed by atoms with Gasteiger partial charge in [-0.2, -0.15) is 0 Å². The molecule has 1 aliphatic carbocycles. The fourth-order valence-electron chi connectivity index (χ4n) is 3.56. The third-order valence-corrected chi connectivity index (χ3v) is 5.20. The van der Waals surface area contributed by atoms with Crippen LogP contribution in [-0.4, -0.2) is 46.8 Å². The standard InChI is InChI=1S/C23H29NO7/c1-5-7-20(30-14(4)25)18(19(27)6-2)12-24-22(28)11-17-13(3)16-9-8-15(26)10-21(16)31-23(17)29/h6,8-10,17,20-21,26-27H,2,5,7,11-12H2,1,3-4H3,(H,24,28)/b19-18+. The molecule has 0 saturated carbocycles. The van der Waals surface area contributed by atoms with E-state index in [-0.39, 0.29) is 24.5 Å². The summed E-state index contributed by atoms with van der Waals surface area (Å²) in [5.74, 6) is -2.38. The van der Waals surface area contributed by atoms with E-state index in [0.717, 1.165) is 5.57 Å². The molecule has 1 aliphatic heterocycles. The number of aliphatic hydroxyl groups is 2. The highest BCUT2D eigenvalue weighted by molar-refractivity contribution is 5.86. The van der Waals surface area contributed by atoms with Crippen LogP contribution in [-0.2, 0) is 23.9 Å². The van der Waals surface area contributed by atoms with E-state index < -0.39 is 36.0 Å². The van der Waals surface area contributed by atoms with Crippen molar-refractivity contribution in [3.05, 3.63) is 59.1 Å². The molecule has 2 rings (SSSR count). The van der Waals surface area contributed by atoms with Crippen LogP contribution in [0.2, 0.25) is 0 Å². The number of hydrogen-bond donors (Lipinski definition) is 3. The molecular weight excluding hydrogens is 402 g/mol. The first-order valence-corrected chi connectivity index (χ1v) is 10.2. The quantitative estimate of drug-likeness (QED) is 0.291. The summed E-state index contributed by atoms with van der Waals surface area (Å²) in [6.45, 7) is 8.41. The molecule has 0 aromatic heterocycles. The highest BCUT2D eigenvalue weighted by Gasteiger charge is 2.36. The van der Waals surface area contributed by atoms with Crippen LogP contribution in [0.1, 0.15) is 40.0 Å². The molecule has 3 N–H and O–H groups in total. The molecule has 0 saturated heterocycles. The number of esters is 2. The lowest BCUT2D eigenvalue weighted by molar-refractivity contribution is -0.152. The van der Waals surface area contributed by atoms with Gasteiger partial charge in [-0.1, -0.05) is 31.6 Å². The molecule has 1 heterocycles. The van der Waals surface area contributed by atoms with Crippen molar-refractivity contribution in [2.45, 2.75) is 52.2 Å². The van der Waals surface area contributed by atoms with Crippen LogP contribution >= 0.6 is 0 Å². The first-order chi connectivity index (χ1) is 14.7. The predicted molar refractivity (Wildman–Crippen MR) is 114 cm³/mol. The molecule has 8 nitrogen and oxygen atoms in total. The van der Waals surface area contributed by atoms with Crippen molar-refractivity contribution < 1.29 is 34.1 Å². The molecule has 8 heteroatoms. The van der Waals surface area contributed by atoms with E-state index >= 15 is 0 Å². The second kappa shape index (κ2) is 10.7. The SMILES string of the molecule is C=C/C(O)=C(/CNC(=O)CC1C(=O)OC2C=C(O)C=CC2=C1C)C(CCC)OC(C)=O. The average molecular weight is 431 g/mol. The molecule has 168 valence electrons. The van der Waals surface area contributed by atoms with Gasteiger partial charge in [-0.05, 0) is 31.1 Å². The fraction of sp³-hybridized carbons (Fsp3) is 0.435. The lowest BCUT2D eigenvalue weighted by Gasteiger charge is -2.30. The van der Waals surface area contributed by atoms with Crippen LogP contribution in [0.25, 0.3) is 0 Å². The Morgan fingerprint density at radius 3 is 2.71 bits per heavy atom. The lowest BCUT2D eigenvalue weighted by atomic mass is 9.85. The summed E-state index contributed by atoms with van der Waals surface area (Å²) in [6, 6.07) is 0. The second-order valence-corrected chi connectivity index (χ2v) is 7.46. The Bertz CT molecular complexity index is 878. The van der Waals surface area contributed by atoms with Gasteiger partial charge in [-0.15, -0.1) is 0 Å². The van der Waals surface area contributed by atoms with Gasteiger partial charge in [0, 0.05) is 31.5 Å². The molecule has 0 radical (unpaired) electrons. The number of ether oxygens (including phenoxy) is 2. The van der Waals surface area contributed by atoms with Crippen molar-refractivity contribution in [2.24, 2.45) is 5.92 Å². The maximum absolute atomic E-state index is 12.6. The summed E-state index contributed by atoms with van der Waals surface area (Å²) in [4.78, 5) is 36.4. The van der Waals surface area contributed by atoms with Gasteiger partial charge in [-0.3, -0.25) is 14.4 Å². The number of aliphatic hydroxyl groups excluding tert-OH is 2. The maximum atomic E-state index is 12.6. The topological polar surface area (TPSA) is 122 Å². The van der Waals surface area contributed by atoms with Crippen LogP contribution in [0.15, 0.2) is 59.1 Å². The number of nitrogens with one attached hydrogen (secondary N) is 1. The molecule has 0 fully saturated rings. The monoisotopic (exact) mass is 431 g/mol. The van der Waals surface area contributed by atoms with Gasteiger partial charge in [-0.25, -0.2) is 0 Å². The Morgan fingerprint density at radius 1 is 1.39 bits per heavy atom. The van der Waals surface area contributed by atoms with E-state index in [1.54, 1.807) is 13.0 Å². The third kappa shape index (κ3) is 6.10. The zero-order valence-electron chi connectivity index (χ0n) is 18.0. The molecule has 3 unspecified atom stereocenters. The molecule has 1 amide bonds. The number of amides is 1. The first-order valence-electron chi connectivity index (χ1n) is 10.2. The van der Waals surface area contributed by atoms with Crippen LogP contribution in [0.5, 0.6) is 0 Å². The largest absolute Gasteiger partial charge is 0.508 e. The number of carbonyl (C=O) groups excluding carboxylic acids is 3. The number of fused-ring (bicyclic) bond motifs is 1. The summed E-state index contributed by atoms with van der Waals surface area (Å²) >= 11 is 0. The number of carbonyl (C=O) groups is 3. The van der Waals surface area contributed by atoms with Gasteiger partial charge in [0.25, 0.3) is 0 Å². The Hall–Kier alpha value is -3.29. The van der Waals surface area contributed by atoms with Crippen LogP contribution in [0.3, 0.4) is 0 Å². The normalized spacial score (nSPS) is 21.9. The van der Waals surface area contributed by atoms with Crippen LogP contribution in [0.4, 0.5) is 0 Å². The van der Waals surface area contributed by atoms with Crippen LogP contribution < -0.4 is 5.32 Å². The molecule has 2 aliphatic rings. The van der Waals surface area contributed by atoms with Crippen LogP contribution in [0, 0.1) is 5.92 Å². The van der Waals surface area contributed by atoms with E-state index in [1.165, 1.54) is 25.2 Å². The Kier molecular flexibility index (Phi) is 8.24. The van der Waals surface area contributed by atoms with Gasteiger partial charge in [0.2, 0.25) is 5.91 Å². The zero-order valence-corrected chi connectivity index (χ0v) is 18.0. The van der Waals surface area contributed by atoms with Gasteiger partial charge in [0.05, 0.1) is 5.92 Å². The minimum atomic E-state index is -0.759. The summed E-state index contributed by atoms with van der Waals surface area (Å²) in [5, 5.41) is 22.5. The minimum absolute atomic E-state index is 0.0151. The van der Waals surface area contributed by atoms with Crippen molar-refractivity contribution in [3.8, 4) is 0 Å². The van der Waals surface area contributed by atoms with E-state index in [2.05, 4.69) is 11.9 Å². The molecular formula is C23H29NO7. The second-order valence-electron chi connectivity index (χ2n) is 7.46. The first kappa shape index (κ1) is 24.0. The van der Waals surface area contributed by atoms with Crippen molar-refractivity contribution in [1.29, 1.82) is 0 Å². The van der Waals surface area contributed by atoms with Crippen molar-refractivity contribution >= 4 is 17.8 Å². The highest BCUT2D eigenvalue weighted by Crippen LogP contribution is 2.33. The average Bonchev–Trinajstić information content (AvgIpc) is 2.70. The Balaban J connectivity index is 2.11. The minimum Gasteiger partial charge on any atom is -0.508 e. The summed E-state index contributed by atoms with van der Waals surface area (Å²) < 4.78 is 10.6. The highest BCUT2D eigenvalue weighted by atomic mass is 16.5. The van der Waals surface area contributed by atoms with E-state index in [1.807, 2.05) is 6.92 Å². The number of rotatable bonds is 9. The van der Waals surface area contributed by atoms with Gasteiger partial charge in [0.1, 0.15) is 23.7 Å². The number of allylic oxidation sites excluding steroid dienone is 2. The molecule has 31 heavy (non-hydrogen) atoms. The van der Waals surface area contributed by atoms with Crippen molar-refractivity contribution in [3.63, 3.8) is 0 Å². The van der Waals surface area contributed by atoms with Gasteiger partial charge >= 0.3 is 11.9 Å². The summed E-state index contributed by atoms with van der Waals surface area (Å²) in [6.07, 6.45) is 5.50. The van der Waals surface area contributed by atoms with E-state index in [9.17, 15) is 24.6 Å². The van der Waals surface area contributed by atoms with E-state index in [0.29, 0.717) is 24.0 Å². The fourth-order valence-corrected chi connectivity index (χ4v) is 3.56. The lowest BCUT2D eigenvalue weighted by Crippen LogP contribution is -2.38. The Labute approximate surface area is 181 Å². The predicted octanol–water partition coefficient (Wildman–Crippen LogP) is 3.09. The smallest absolute Gasteiger partial charge is 0.314 e. The zero-order chi connectivity index (χ0) is 23.1. The van der Waals surface area contributed by atoms with Gasteiger partial charge < -0.3 is 25.0 Å².